The number of allylic oxidation sites excluding steroid dienone is 5. The standard InChI is InChI=1S/C19H20N2O3.V.W/c1-5-8-9-11-21-17(12-14(4)20-21)18(22)13-15(7-3)16(10-6-2)19(23)24;;/h1,5,7-12H,13H2,2-4H3,(H,23,24);;/b8-5-,11-9?,15-7?,16-10+;;. The quantitative estimate of drug-likeness (QED) is 0.287. The number of carbonyl (C=O) groups is 2. The van der Waals surface area contributed by atoms with Crippen LogP contribution in [0.25, 0.3) is 6.20 Å². The van der Waals surface area contributed by atoms with Crippen molar-refractivity contribution in [2.45, 2.75) is 27.2 Å². The molecular formula is C19H20N2O3VW. The predicted octanol–water partition coefficient (Wildman–Crippen LogP) is 2.84. The van der Waals surface area contributed by atoms with Crippen molar-refractivity contribution in [3.05, 3.63) is 59.0 Å². The molecule has 0 aromatic carbocycles. The van der Waals surface area contributed by atoms with Gasteiger partial charge in [-0.15, -0.1) is 0 Å². The number of aliphatic carboxylic acids is 1. The second kappa shape index (κ2) is 11.1. The van der Waals surface area contributed by atoms with E-state index in [9.17, 15) is 14.7 Å². The molecule has 135 valence electrons. The van der Waals surface area contributed by atoms with Crippen LogP contribution in [0.15, 0.2) is 47.6 Å². The first-order valence-electron chi connectivity index (χ1n) is 7.81. The van der Waals surface area contributed by atoms with Gasteiger partial charge >= 0.3 is 174 Å². The fraction of sp³-hybridized carbons (Fsp3) is 0.211. The van der Waals surface area contributed by atoms with Gasteiger partial charge in [0.15, 0.2) is 0 Å². The molecule has 1 heterocycles. The average Bonchev–Trinajstić information content (AvgIpc) is 2.95. The number of Topliss-reactive ketones (excluding diaryl/α,β-unsaturated/α-hetero) is 1. The molecule has 0 atom stereocenters. The van der Waals surface area contributed by atoms with Crippen LogP contribution in [0.1, 0.15) is 36.5 Å². The maximum atomic E-state index is 12.8. The number of aryl methyl sites for hydroxylation is 1. The van der Waals surface area contributed by atoms with E-state index in [1.165, 1.54) is 24.0 Å². The van der Waals surface area contributed by atoms with E-state index in [0.717, 1.165) is 9.92 Å². The molecule has 0 unspecified atom stereocenters. The van der Waals surface area contributed by atoms with Crippen molar-refractivity contribution in [2.24, 2.45) is 0 Å². The van der Waals surface area contributed by atoms with Gasteiger partial charge in [-0.3, -0.25) is 0 Å². The number of hydrogen-bond donors (Lipinski definition) is 1. The third-order valence-corrected chi connectivity index (χ3v) is 4.07. The van der Waals surface area contributed by atoms with Crippen molar-refractivity contribution >= 4 is 26.6 Å². The molecule has 0 aliphatic carbocycles. The van der Waals surface area contributed by atoms with Gasteiger partial charge in [-0.2, -0.15) is 0 Å². The maximum absolute atomic E-state index is 12.8. The molecule has 1 rings (SSSR count). The predicted molar refractivity (Wildman–Crippen MR) is 96.6 cm³/mol. The number of hydrogen-bond acceptors (Lipinski definition) is 3. The summed E-state index contributed by atoms with van der Waals surface area (Å²) >= 11 is 3.65. The molecule has 0 bridgehead atoms. The Morgan fingerprint density at radius 2 is 2.04 bits per heavy atom. The number of aromatic nitrogens is 2. The molecule has 7 heteroatoms. The Kier molecular flexibility index (Phi) is 9.57. The monoisotopic (exact) mass is 559 g/mol. The zero-order valence-electron chi connectivity index (χ0n) is 14.8. The Hall–Kier alpha value is -1.68. The third kappa shape index (κ3) is 6.91. The number of ketones is 1. The van der Waals surface area contributed by atoms with Gasteiger partial charge in [0.25, 0.3) is 0 Å². The fourth-order valence-electron chi connectivity index (χ4n) is 2.20. The number of carbonyl (C=O) groups excluding carboxylic acids is 1. The van der Waals surface area contributed by atoms with E-state index in [-0.39, 0.29) is 17.8 Å². The SMILES string of the molecule is CC=C(CC(=O)c1cc(C)nn1C=C/C=C\[CH]=[W])/C(=C\[C](C)=[V])C(=O)O. The molecule has 0 amide bonds. The van der Waals surface area contributed by atoms with Gasteiger partial charge in [0.05, 0.1) is 0 Å². The minimum absolute atomic E-state index is 0.00414. The van der Waals surface area contributed by atoms with Gasteiger partial charge in [-0.25, -0.2) is 0 Å². The van der Waals surface area contributed by atoms with E-state index < -0.39 is 5.97 Å². The summed E-state index contributed by atoms with van der Waals surface area (Å²) in [6, 6.07) is 1.71. The molecule has 1 aromatic rings. The molecule has 0 aliphatic heterocycles. The minimum atomic E-state index is -1.05. The molecular weight excluding hydrogens is 539 g/mol. The van der Waals surface area contributed by atoms with Crippen LogP contribution < -0.4 is 0 Å². The van der Waals surface area contributed by atoms with Crippen LogP contribution in [0, 0.1) is 6.92 Å². The number of rotatable bonds is 9. The van der Waals surface area contributed by atoms with Crippen molar-refractivity contribution in [1.29, 1.82) is 0 Å². The molecule has 0 saturated heterocycles. The summed E-state index contributed by atoms with van der Waals surface area (Å²) in [4.78, 5) is 24.3. The summed E-state index contributed by atoms with van der Waals surface area (Å²) in [7, 11) is 0. The summed E-state index contributed by atoms with van der Waals surface area (Å²) in [5.74, 6) is -1.24. The van der Waals surface area contributed by atoms with E-state index in [2.05, 4.69) is 22.1 Å². The van der Waals surface area contributed by atoms with Gasteiger partial charge in [0.1, 0.15) is 0 Å². The Labute approximate surface area is 173 Å². The van der Waals surface area contributed by atoms with E-state index in [4.69, 9.17) is 0 Å². The van der Waals surface area contributed by atoms with Crippen molar-refractivity contribution < 1.29 is 51.0 Å². The number of nitrogens with zero attached hydrogens (tertiary/aromatic N) is 2. The van der Waals surface area contributed by atoms with Crippen molar-refractivity contribution in [3.63, 3.8) is 0 Å². The Balaban J connectivity index is 3.15. The molecule has 26 heavy (non-hydrogen) atoms. The normalized spacial score (nSPS) is 12.7. The van der Waals surface area contributed by atoms with Gasteiger partial charge < -0.3 is 0 Å². The summed E-state index contributed by atoms with van der Waals surface area (Å²) < 4.78 is 4.30. The van der Waals surface area contributed by atoms with Crippen LogP contribution in [0.2, 0.25) is 0 Å². The molecule has 0 spiro atoms. The average molecular weight is 559 g/mol. The Morgan fingerprint density at radius 1 is 1.35 bits per heavy atom. The van der Waals surface area contributed by atoms with Crippen molar-refractivity contribution in [1.82, 2.24) is 9.78 Å². The summed E-state index contributed by atoms with van der Waals surface area (Å²) in [5.41, 5.74) is 1.75. The first-order chi connectivity index (χ1) is 12.3. The zero-order valence-corrected chi connectivity index (χ0v) is 19.2. The Morgan fingerprint density at radius 3 is 2.58 bits per heavy atom. The molecule has 1 aromatic heterocycles. The van der Waals surface area contributed by atoms with Gasteiger partial charge in [0.2, 0.25) is 0 Å². The van der Waals surface area contributed by atoms with E-state index in [1.807, 2.05) is 23.5 Å². The first-order valence-corrected chi connectivity index (χ1v) is 10.2. The molecule has 0 fully saturated rings. The van der Waals surface area contributed by atoms with Crippen LogP contribution in [0.3, 0.4) is 0 Å². The Bertz CT molecular complexity index is 845. The van der Waals surface area contributed by atoms with Crippen molar-refractivity contribution in [3.8, 4) is 0 Å². The first kappa shape index (κ1) is 22.4. The van der Waals surface area contributed by atoms with E-state index in [0.29, 0.717) is 11.3 Å². The van der Waals surface area contributed by atoms with Gasteiger partial charge in [-0.05, 0) is 0 Å². The molecule has 5 nitrogen and oxygen atoms in total. The van der Waals surface area contributed by atoms with Crippen molar-refractivity contribution in [2.75, 3.05) is 0 Å². The van der Waals surface area contributed by atoms with E-state index in [1.54, 1.807) is 44.3 Å². The summed E-state index contributed by atoms with van der Waals surface area (Å²) in [6.45, 7) is 5.34. The van der Waals surface area contributed by atoms with Crippen LogP contribution >= 0.6 is 0 Å². The van der Waals surface area contributed by atoms with E-state index >= 15 is 0 Å². The van der Waals surface area contributed by atoms with Crippen LogP contribution in [0.5, 0.6) is 0 Å². The molecule has 1 N–H and O–H groups in total. The summed E-state index contributed by atoms with van der Waals surface area (Å²) in [6.07, 6.45) is 10.5. The number of carboxylic acids is 1. The molecule has 0 saturated carbocycles. The van der Waals surface area contributed by atoms with Crippen LogP contribution in [-0.2, 0) is 41.1 Å². The second-order valence-electron chi connectivity index (χ2n) is 5.40. The zero-order chi connectivity index (χ0) is 19.7. The molecule has 0 radical (unpaired) electrons. The van der Waals surface area contributed by atoms with Gasteiger partial charge in [0, 0.05) is 0 Å². The van der Waals surface area contributed by atoms with Gasteiger partial charge in [-0.1, -0.05) is 0 Å². The second-order valence-corrected chi connectivity index (χ2v) is 7.48. The van der Waals surface area contributed by atoms with Crippen LogP contribution in [0.4, 0.5) is 0 Å². The third-order valence-electron chi connectivity index (χ3n) is 3.30. The fourth-order valence-corrected chi connectivity index (χ4v) is 2.72. The summed E-state index contributed by atoms with van der Waals surface area (Å²) in [5, 5.41) is 13.8. The molecule has 0 aliphatic rings. The number of carboxylic acid groups (broad SMARTS) is 1. The van der Waals surface area contributed by atoms with Crippen LogP contribution in [-0.4, -0.2) is 35.3 Å². The topological polar surface area (TPSA) is 72.2 Å².